The Morgan fingerprint density at radius 1 is 1.47 bits per heavy atom. The number of hydrogen-bond donors (Lipinski definition) is 1. The van der Waals surface area contributed by atoms with Crippen molar-refractivity contribution in [3.05, 3.63) is 40.5 Å². The Bertz CT molecular complexity index is 531. The molecular formula is C13H16N4OS. The molecule has 2 aromatic heterocycles. The van der Waals surface area contributed by atoms with Gasteiger partial charge in [0.05, 0.1) is 18.8 Å². The molecule has 5 nitrogen and oxygen atoms in total. The third kappa shape index (κ3) is 3.09. The van der Waals surface area contributed by atoms with Crippen LogP contribution >= 0.6 is 11.3 Å². The highest BCUT2D eigenvalue weighted by Crippen LogP contribution is 2.22. The summed E-state index contributed by atoms with van der Waals surface area (Å²) in [6.07, 6.45) is 1.84. The number of thiazole rings is 1. The minimum Gasteiger partial charge on any atom is -0.384 e. The van der Waals surface area contributed by atoms with Gasteiger partial charge in [-0.25, -0.2) is 9.97 Å². The van der Waals surface area contributed by atoms with Gasteiger partial charge in [0, 0.05) is 24.7 Å². The van der Waals surface area contributed by atoms with Gasteiger partial charge in [0.25, 0.3) is 0 Å². The van der Waals surface area contributed by atoms with E-state index in [9.17, 15) is 0 Å². The second-order valence-corrected chi connectivity index (χ2v) is 5.49. The van der Waals surface area contributed by atoms with Gasteiger partial charge >= 0.3 is 0 Å². The Labute approximate surface area is 116 Å². The predicted octanol–water partition coefficient (Wildman–Crippen LogP) is 1.69. The Morgan fingerprint density at radius 3 is 3.21 bits per heavy atom. The van der Waals surface area contributed by atoms with Gasteiger partial charge in [0.15, 0.2) is 0 Å². The van der Waals surface area contributed by atoms with Crippen LogP contribution in [0.1, 0.15) is 16.8 Å². The lowest BCUT2D eigenvalue weighted by Gasteiger charge is -2.32. The van der Waals surface area contributed by atoms with Crippen LogP contribution in [0.15, 0.2) is 29.8 Å². The van der Waals surface area contributed by atoms with Crippen LogP contribution in [0, 0.1) is 0 Å². The number of ether oxygens (including phenoxy) is 1. The summed E-state index contributed by atoms with van der Waals surface area (Å²) in [4.78, 5) is 11.0. The molecule has 100 valence electrons. The van der Waals surface area contributed by atoms with Crippen molar-refractivity contribution in [3.63, 3.8) is 0 Å². The molecule has 0 amide bonds. The molecule has 0 radical (unpaired) electrons. The first-order valence-corrected chi connectivity index (χ1v) is 7.14. The Hall–Kier alpha value is -1.50. The summed E-state index contributed by atoms with van der Waals surface area (Å²) < 4.78 is 5.79. The standard InChI is InChI=1S/C13H16N4OS/c14-12-3-1-2-10(16-12)11-8-17(5-6-18-11)9-13-15-4-7-19-13/h1-4,7,11H,5-6,8-9H2,(H2,14,16)/t11-/m0/s1. The van der Waals surface area contributed by atoms with Gasteiger partial charge in [0.2, 0.25) is 0 Å². The number of hydrogen-bond acceptors (Lipinski definition) is 6. The maximum Gasteiger partial charge on any atom is 0.123 e. The molecule has 6 heteroatoms. The molecule has 3 rings (SSSR count). The number of rotatable bonds is 3. The largest absolute Gasteiger partial charge is 0.384 e. The average molecular weight is 276 g/mol. The van der Waals surface area contributed by atoms with Crippen molar-refractivity contribution in [1.29, 1.82) is 0 Å². The van der Waals surface area contributed by atoms with Crippen LogP contribution in [0.25, 0.3) is 0 Å². The van der Waals surface area contributed by atoms with E-state index in [4.69, 9.17) is 10.5 Å². The summed E-state index contributed by atoms with van der Waals surface area (Å²) in [6, 6.07) is 5.67. The molecule has 2 N–H and O–H groups in total. The molecule has 19 heavy (non-hydrogen) atoms. The molecular weight excluding hydrogens is 260 g/mol. The number of nitrogen functional groups attached to an aromatic ring is 1. The Kier molecular flexibility index (Phi) is 3.72. The molecule has 1 aliphatic rings. The molecule has 0 unspecified atom stereocenters. The lowest BCUT2D eigenvalue weighted by Crippen LogP contribution is -2.38. The number of pyridine rings is 1. The molecule has 0 bridgehead atoms. The molecule has 0 aliphatic carbocycles. The number of anilines is 1. The summed E-state index contributed by atoms with van der Waals surface area (Å²) in [6.45, 7) is 3.35. The van der Waals surface area contributed by atoms with Crippen molar-refractivity contribution >= 4 is 17.2 Å². The van der Waals surface area contributed by atoms with Gasteiger partial charge in [-0.05, 0) is 12.1 Å². The van der Waals surface area contributed by atoms with Crippen LogP contribution in [0.5, 0.6) is 0 Å². The lowest BCUT2D eigenvalue weighted by atomic mass is 10.2. The van der Waals surface area contributed by atoms with Gasteiger partial charge in [-0.1, -0.05) is 6.07 Å². The number of aromatic nitrogens is 2. The lowest BCUT2D eigenvalue weighted by molar-refractivity contribution is -0.0349. The second-order valence-electron chi connectivity index (χ2n) is 4.51. The first-order valence-electron chi connectivity index (χ1n) is 6.26. The number of nitrogens with two attached hydrogens (primary N) is 1. The van der Waals surface area contributed by atoms with Gasteiger partial charge in [-0.15, -0.1) is 11.3 Å². The molecule has 1 atom stereocenters. The minimum atomic E-state index is -0.00258. The number of morpholine rings is 1. The summed E-state index contributed by atoms with van der Waals surface area (Å²) in [5, 5.41) is 3.15. The van der Waals surface area contributed by atoms with Gasteiger partial charge < -0.3 is 10.5 Å². The maximum absolute atomic E-state index is 5.79. The second kappa shape index (κ2) is 5.64. The van der Waals surface area contributed by atoms with E-state index < -0.39 is 0 Å². The molecule has 0 spiro atoms. The van der Waals surface area contributed by atoms with Crippen molar-refractivity contribution in [2.24, 2.45) is 0 Å². The zero-order valence-electron chi connectivity index (χ0n) is 10.5. The van der Waals surface area contributed by atoms with Crippen LogP contribution in [-0.4, -0.2) is 34.6 Å². The monoisotopic (exact) mass is 276 g/mol. The normalized spacial score (nSPS) is 20.5. The first-order chi connectivity index (χ1) is 9.31. The molecule has 1 saturated heterocycles. The van der Waals surface area contributed by atoms with Crippen molar-refractivity contribution in [1.82, 2.24) is 14.9 Å². The molecule has 2 aromatic rings. The summed E-state index contributed by atoms with van der Waals surface area (Å²) in [7, 11) is 0. The van der Waals surface area contributed by atoms with E-state index in [0.29, 0.717) is 12.4 Å². The minimum absolute atomic E-state index is 0.00258. The fourth-order valence-electron chi connectivity index (χ4n) is 2.20. The summed E-state index contributed by atoms with van der Waals surface area (Å²) >= 11 is 1.69. The van der Waals surface area contributed by atoms with Gasteiger partial charge in [-0.3, -0.25) is 4.90 Å². The van der Waals surface area contributed by atoms with Crippen LogP contribution in [0.3, 0.4) is 0 Å². The molecule has 1 aliphatic heterocycles. The van der Waals surface area contributed by atoms with Crippen LogP contribution in [-0.2, 0) is 11.3 Å². The smallest absolute Gasteiger partial charge is 0.123 e. The van der Waals surface area contributed by atoms with Crippen LogP contribution < -0.4 is 5.73 Å². The molecule has 0 saturated carbocycles. The van der Waals surface area contributed by atoms with E-state index in [-0.39, 0.29) is 6.10 Å². The average Bonchev–Trinajstić information content (AvgIpc) is 2.92. The van der Waals surface area contributed by atoms with E-state index in [2.05, 4.69) is 14.9 Å². The van der Waals surface area contributed by atoms with Gasteiger partial charge in [-0.2, -0.15) is 0 Å². The fraction of sp³-hybridized carbons (Fsp3) is 0.385. The van der Waals surface area contributed by atoms with E-state index in [1.807, 2.05) is 23.7 Å². The highest BCUT2D eigenvalue weighted by molar-refractivity contribution is 7.09. The van der Waals surface area contributed by atoms with Crippen LogP contribution in [0.4, 0.5) is 5.82 Å². The van der Waals surface area contributed by atoms with Crippen molar-refractivity contribution in [2.45, 2.75) is 12.6 Å². The fourth-order valence-corrected chi connectivity index (χ4v) is 2.85. The highest BCUT2D eigenvalue weighted by atomic mass is 32.1. The van der Waals surface area contributed by atoms with Crippen LogP contribution in [0.2, 0.25) is 0 Å². The van der Waals surface area contributed by atoms with Gasteiger partial charge in [0.1, 0.15) is 16.9 Å². The summed E-state index contributed by atoms with van der Waals surface area (Å²) in [5.41, 5.74) is 6.63. The van der Waals surface area contributed by atoms with Crippen molar-refractivity contribution in [2.75, 3.05) is 25.4 Å². The van der Waals surface area contributed by atoms with Crippen molar-refractivity contribution < 1.29 is 4.74 Å². The van der Waals surface area contributed by atoms with E-state index in [0.717, 1.165) is 30.3 Å². The summed E-state index contributed by atoms with van der Waals surface area (Å²) in [5.74, 6) is 0.540. The Balaban J connectivity index is 1.67. The highest BCUT2D eigenvalue weighted by Gasteiger charge is 2.23. The zero-order chi connectivity index (χ0) is 13.1. The van der Waals surface area contributed by atoms with E-state index in [1.165, 1.54) is 0 Å². The third-order valence-electron chi connectivity index (χ3n) is 3.11. The maximum atomic E-state index is 5.79. The molecule has 0 aromatic carbocycles. The van der Waals surface area contributed by atoms with E-state index >= 15 is 0 Å². The Morgan fingerprint density at radius 2 is 2.42 bits per heavy atom. The molecule has 3 heterocycles. The zero-order valence-corrected chi connectivity index (χ0v) is 11.3. The molecule has 1 fully saturated rings. The SMILES string of the molecule is Nc1cccc([C@@H]2CN(Cc3nccs3)CCO2)n1. The first kappa shape index (κ1) is 12.5. The predicted molar refractivity (Wildman–Crippen MR) is 74.7 cm³/mol. The quantitative estimate of drug-likeness (QED) is 0.924. The van der Waals surface area contributed by atoms with E-state index in [1.54, 1.807) is 17.4 Å². The topological polar surface area (TPSA) is 64.3 Å². The van der Waals surface area contributed by atoms with Crippen molar-refractivity contribution in [3.8, 4) is 0 Å². The third-order valence-corrected chi connectivity index (χ3v) is 3.88. The number of nitrogens with zero attached hydrogens (tertiary/aromatic N) is 3.